The zero-order valence-electron chi connectivity index (χ0n) is 10.1. The average molecular weight is 226 g/mol. The van der Waals surface area contributed by atoms with Crippen LogP contribution in [0.2, 0.25) is 0 Å². The summed E-state index contributed by atoms with van der Waals surface area (Å²) in [6, 6.07) is 14.8. The van der Waals surface area contributed by atoms with Crippen LogP contribution in [0.3, 0.4) is 0 Å². The average Bonchev–Trinajstić information content (AvgIpc) is 2.38. The molecule has 0 saturated heterocycles. The third-order valence-corrected chi connectivity index (χ3v) is 2.80. The number of aromatic nitrogens is 1. The largest absolute Gasteiger partial charge is 0.328 e. The summed E-state index contributed by atoms with van der Waals surface area (Å²) < 4.78 is 0. The van der Waals surface area contributed by atoms with E-state index in [2.05, 4.69) is 29.2 Å². The second-order valence-corrected chi connectivity index (χ2v) is 4.43. The van der Waals surface area contributed by atoms with Crippen LogP contribution in [0.1, 0.15) is 18.9 Å². The molecule has 0 bridgehead atoms. The first-order chi connectivity index (χ1) is 8.25. The molecule has 2 heteroatoms. The van der Waals surface area contributed by atoms with Gasteiger partial charge in [0.05, 0.1) is 5.69 Å². The molecule has 2 nitrogen and oxygen atoms in total. The van der Waals surface area contributed by atoms with Gasteiger partial charge in [-0.1, -0.05) is 30.3 Å². The normalized spacial score (nSPS) is 12.4. The van der Waals surface area contributed by atoms with E-state index in [1.54, 1.807) is 0 Å². The lowest BCUT2D eigenvalue weighted by molar-refractivity contribution is 0.666. The monoisotopic (exact) mass is 226 g/mol. The van der Waals surface area contributed by atoms with Crippen molar-refractivity contribution in [2.24, 2.45) is 5.73 Å². The van der Waals surface area contributed by atoms with Crippen molar-refractivity contribution in [3.05, 3.63) is 54.2 Å². The van der Waals surface area contributed by atoms with E-state index in [0.717, 1.165) is 24.1 Å². The molecule has 88 valence electrons. The lowest BCUT2D eigenvalue weighted by Gasteiger charge is -2.06. The van der Waals surface area contributed by atoms with Gasteiger partial charge in [0.2, 0.25) is 0 Å². The van der Waals surface area contributed by atoms with Crippen molar-refractivity contribution in [2.45, 2.75) is 25.8 Å². The summed E-state index contributed by atoms with van der Waals surface area (Å²) in [5.41, 5.74) is 9.27. The topological polar surface area (TPSA) is 38.9 Å². The minimum absolute atomic E-state index is 0.269. The van der Waals surface area contributed by atoms with Gasteiger partial charge in [-0.05, 0) is 37.5 Å². The molecule has 2 aromatic rings. The van der Waals surface area contributed by atoms with Gasteiger partial charge < -0.3 is 5.73 Å². The van der Waals surface area contributed by atoms with Gasteiger partial charge >= 0.3 is 0 Å². The fourth-order valence-electron chi connectivity index (χ4n) is 1.77. The third kappa shape index (κ3) is 3.40. The lowest BCUT2D eigenvalue weighted by Crippen LogP contribution is -2.15. The van der Waals surface area contributed by atoms with E-state index >= 15 is 0 Å². The molecule has 1 unspecified atom stereocenters. The number of pyridine rings is 1. The van der Waals surface area contributed by atoms with Gasteiger partial charge in [0.1, 0.15) is 0 Å². The number of hydrogen-bond acceptors (Lipinski definition) is 2. The summed E-state index contributed by atoms with van der Waals surface area (Å²) in [5, 5.41) is 0. The molecule has 0 saturated carbocycles. The predicted molar refractivity (Wildman–Crippen MR) is 71.6 cm³/mol. The zero-order valence-corrected chi connectivity index (χ0v) is 10.1. The van der Waals surface area contributed by atoms with Gasteiger partial charge in [-0.15, -0.1) is 0 Å². The fourth-order valence-corrected chi connectivity index (χ4v) is 1.77. The van der Waals surface area contributed by atoms with Crippen LogP contribution in [0.5, 0.6) is 0 Å². The molecule has 0 spiro atoms. The maximum atomic E-state index is 5.75. The Morgan fingerprint density at radius 2 is 1.88 bits per heavy atom. The summed E-state index contributed by atoms with van der Waals surface area (Å²) in [6.45, 7) is 2.04. The van der Waals surface area contributed by atoms with E-state index in [1.807, 2.05) is 31.3 Å². The minimum Gasteiger partial charge on any atom is -0.328 e. The highest BCUT2D eigenvalue weighted by atomic mass is 14.7. The molecule has 0 amide bonds. The van der Waals surface area contributed by atoms with Crippen molar-refractivity contribution < 1.29 is 0 Å². The molecule has 0 aliphatic carbocycles. The van der Waals surface area contributed by atoms with E-state index in [4.69, 9.17) is 5.73 Å². The number of nitrogens with two attached hydrogens (primary N) is 1. The van der Waals surface area contributed by atoms with E-state index in [0.29, 0.717) is 0 Å². The highest BCUT2D eigenvalue weighted by Gasteiger charge is 2.00. The first-order valence-corrected chi connectivity index (χ1v) is 6.01. The van der Waals surface area contributed by atoms with Crippen LogP contribution >= 0.6 is 0 Å². The molecule has 1 heterocycles. The molecule has 1 aromatic carbocycles. The van der Waals surface area contributed by atoms with Crippen molar-refractivity contribution in [1.29, 1.82) is 0 Å². The Hall–Kier alpha value is -1.67. The zero-order chi connectivity index (χ0) is 12.1. The molecular weight excluding hydrogens is 208 g/mol. The summed E-state index contributed by atoms with van der Waals surface area (Å²) >= 11 is 0. The van der Waals surface area contributed by atoms with Crippen molar-refractivity contribution >= 4 is 0 Å². The standard InChI is InChI=1S/C15H18N2/c1-12(16)5-6-13-7-9-14(10-8-13)15-4-2-3-11-17-15/h2-4,7-12H,5-6,16H2,1H3. The van der Waals surface area contributed by atoms with Crippen LogP contribution < -0.4 is 5.73 Å². The quantitative estimate of drug-likeness (QED) is 0.870. The molecule has 0 aliphatic rings. The molecular formula is C15H18N2. The van der Waals surface area contributed by atoms with Crippen molar-refractivity contribution in [2.75, 3.05) is 0 Å². The summed E-state index contributed by atoms with van der Waals surface area (Å²) in [7, 11) is 0. The van der Waals surface area contributed by atoms with E-state index < -0.39 is 0 Å². The fraction of sp³-hybridized carbons (Fsp3) is 0.267. The van der Waals surface area contributed by atoms with Crippen LogP contribution in [-0.4, -0.2) is 11.0 Å². The minimum atomic E-state index is 0.269. The Bertz CT molecular complexity index is 446. The Labute approximate surface area is 103 Å². The Morgan fingerprint density at radius 1 is 1.12 bits per heavy atom. The molecule has 2 rings (SSSR count). The van der Waals surface area contributed by atoms with Gasteiger partial charge in [0, 0.05) is 17.8 Å². The van der Waals surface area contributed by atoms with Crippen LogP contribution in [0.4, 0.5) is 0 Å². The van der Waals surface area contributed by atoms with Crippen molar-refractivity contribution in [3.8, 4) is 11.3 Å². The van der Waals surface area contributed by atoms with Gasteiger partial charge in [-0.25, -0.2) is 0 Å². The maximum absolute atomic E-state index is 5.75. The highest BCUT2D eigenvalue weighted by Crippen LogP contribution is 2.17. The Morgan fingerprint density at radius 3 is 2.47 bits per heavy atom. The second-order valence-electron chi connectivity index (χ2n) is 4.43. The molecule has 2 N–H and O–H groups in total. The van der Waals surface area contributed by atoms with Crippen molar-refractivity contribution in [3.63, 3.8) is 0 Å². The number of aryl methyl sites for hydroxylation is 1. The predicted octanol–water partition coefficient (Wildman–Crippen LogP) is 3.03. The molecule has 0 radical (unpaired) electrons. The van der Waals surface area contributed by atoms with Crippen LogP contribution in [0.15, 0.2) is 48.7 Å². The van der Waals surface area contributed by atoms with Crippen molar-refractivity contribution in [1.82, 2.24) is 4.98 Å². The number of benzene rings is 1. The van der Waals surface area contributed by atoms with E-state index in [9.17, 15) is 0 Å². The van der Waals surface area contributed by atoms with Crippen LogP contribution in [-0.2, 0) is 6.42 Å². The molecule has 0 aliphatic heterocycles. The third-order valence-electron chi connectivity index (χ3n) is 2.80. The highest BCUT2D eigenvalue weighted by molar-refractivity contribution is 5.58. The number of rotatable bonds is 4. The molecule has 1 atom stereocenters. The van der Waals surface area contributed by atoms with Gasteiger partial charge in [-0.2, -0.15) is 0 Å². The maximum Gasteiger partial charge on any atom is 0.0701 e. The molecule has 17 heavy (non-hydrogen) atoms. The number of hydrogen-bond donors (Lipinski definition) is 1. The SMILES string of the molecule is CC(N)CCc1ccc(-c2ccccn2)cc1. The Kier molecular flexibility index (Phi) is 3.89. The summed E-state index contributed by atoms with van der Waals surface area (Å²) in [5.74, 6) is 0. The first kappa shape index (κ1) is 11.8. The molecule has 1 aromatic heterocycles. The molecule has 0 fully saturated rings. The first-order valence-electron chi connectivity index (χ1n) is 6.01. The van der Waals surface area contributed by atoms with Gasteiger partial charge in [0.25, 0.3) is 0 Å². The number of nitrogens with zero attached hydrogens (tertiary/aromatic N) is 1. The van der Waals surface area contributed by atoms with E-state index in [-0.39, 0.29) is 6.04 Å². The van der Waals surface area contributed by atoms with E-state index in [1.165, 1.54) is 5.56 Å². The van der Waals surface area contributed by atoms with Crippen LogP contribution in [0, 0.1) is 0 Å². The van der Waals surface area contributed by atoms with Gasteiger partial charge in [0.15, 0.2) is 0 Å². The second kappa shape index (κ2) is 5.60. The Balaban J connectivity index is 2.08. The van der Waals surface area contributed by atoms with Crippen LogP contribution in [0.25, 0.3) is 11.3 Å². The smallest absolute Gasteiger partial charge is 0.0701 e. The summed E-state index contributed by atoms with van der Waals surface area (Å²) in [4.78, 5) is 4.33. The summed E-state index contributed by atoms with van der Waals surface area (Å²) in [6.07, 6.45) is 3.89. The van der Waals surface area contributed by atoms with Gasteiger partial charge in [-0.3, -0.25) is 4.98 Å². The lowest BCUT2D eigenvalue weighted by atomic mass is 10.0.